The molecule has 0 amide bonds. The number of hydrogen-bond acceptors (Lipinski definition) is 0. The van der Waals surface area contributed by atoms with Gasteiger partial charge < -0.3 is 0 Å². The quantitative estimate of drug-likeness (QED) is 0.692. The van der Waals surface area contributed by atoms with E-state index in [4.69, 9.17) is 0 Å². The molecule has 0 radical (unpaired) electrons. The lowest BCUT2D eigenvalue weighted by molar-refractivity contribution is 0.300. The highest BCUT2D eigenvalue weighted by atomic mass is 19.1. The predicted octanol–water partition coefficient (Wildman–Crippen LogP) is 5.04. The summed E-state index contributed by atoms with van der Waals surface area (Å²) < 4.78 is 27.3. The van der Waals surface area contributed by atoms with Crippen LogP contribution in [0.4, 0.5) is 8.78 Å². The molecule has 0 saturated heterocycles. The van der Waals surface area contributed by atoms with Crippen LogP contribution < -0.4 is 0 Å². The van der Waals surface area contributed by atoms with Crippen LogP contribution in [0.1, 0.15) is 56.9 Å². The summed E-state index contributed by atoms with van der Waals surface area (Å²) in [4.78, 5) is 0. The maximum Gasteiger partial charge on any atom is 0.129 e. The van der Waals surface area contributed by atoms with Crippen molar-refractivity contribution in [2.45, 2.75) is 51.4 Å². The first-order valence-corrected chi connectivity index (χ1v) is 6.66. The summed E-state index contributed by atoms with van der Waals surface area (Å²) in [7, 11) is 0. The minimum atomic E-state index is -0.371. The molecule has 0 heterocycles. The van der Waals surface area contributed by atoms with Crippen molar-refractivity contribution in [3.63, 3.8) is 0 Å². The Morgan fingerprint density at radius 1 is 1.06 bits per heavy atom. The van der Waals surface area contributed by atoms with Crippen molar-refractivity contribution in [2.75, 3.05) is 0 Å². The van der Waals surface area contributed by atoms with Gasteiger partial charge in [0, 0.05) is 5.56 Å². The average molecular weight is 238 g/mol. The van der Waals surface area contributed by atoms with Gasteiger partial charge in [0.1, 0.15) is 11.6 Å². The number of hydrogen-bond donors (Lipinski definition) is 0. The molecular formula is C15H20F2. The summed E-state index contributed by atoms with van der Waals surface area (Å²) in [6.45, 7) is 2.20. The van der Waals surface area contributed by atoms with E-state index in [9.17, 15) is 8.78 Å². The Kier molecular flexibility index (Phi) is 4.14. The van der Waals surface area contributed by atoms with Gasteiger partial charge in [-0.15, -0.1) is 0 Å². The van der Waals surface area contributed by atoms with Gasteiger partial charge in [0.15, 0.2) is 0 Å². The van der Waals surface area contributed by atoms with Gasteiger partial charge in [-0.05, 0) is 49.7 Å². The maximum atomic E-state index is 13.6. The Hall–Kier alpha value is -0.920. The van der Waals surface area contributed by atoms with Crippen molar-refractivity contribution >= 4 is 0 Å². The van der Waals surface area contributed by atoms with Gasteiger partial charge in [0.2, 0.25) is 0 Å². The summed E-state index contributed by atoms with van der Waals surface area (Å²) in [5, 5.41) is 0. The van der Waals surface area contributed by atoms with Crippen LogP contribution in [0.2, 0.25) is 0 Å². The molecule has 2 rings (SSSR count). The molecule has 94 valence electrons. The SMILES string of the molecule is CCCC1CCC(c2c(F)cccc2F)CC1. The van der Waals surface area contributed by atoms with Gasteiger partial charge in [-0.3, -0.25) is 0 Å². The standard InChI is InChI=1S/C15H20F2/c1-2-4-11-7-9-12(10-8-11)15-13(16)5-3-6-14(15)17/h3,5-6,11-12H,2,4,7-10H2,1H3. The van der Waals surface area contributed by atoms with Crippen LogP contribution in [-0.4, -0.2) is 0 Å². The Morgan fingerprint density at radius 2 is 1.65 bits per heavy atom. The summed E-state index contributed by atoms with van der Waals surface area (Å²) in [5.74, 6) is 0.114. The monoisotopic (exact) mass is 238 g/mol. The van der Waals surface area contributed by atoms with Crippen LogP contribution in [0, 0.1) is 17.6 Å². The Bertz CT molecular complexity index is 345. The Morgan fingerprint density at radius 3 is 2.18 bits per heavy atom. The number of benzene rings is 1. The van der Waals surface area contributed by atoms with Crippen LogP contribution in [-0.2, 0) is 0 Å². The van der Waals surface area contributed by atoms with Crippen LogP contribution in [0.15, 0.2) is 18.2 Å². The molecule has 1 saturated carbocycles. The second-order valence-electron chi connectivity index (χ2n) is 5.14. The summed E-state index contributed by atoms with van der Waals surface area (Å²) in [5.41, 5.74) is 0.322. The third-order valence-electron chi connectivity index (χ3n) is 3.95. The molecule has 1 aliphatic carbocycles. The van der Waals surface area contributed by atoms with E-state index in [1.807, 2.05) is 0 Å². The lowest BCUT2D eigenvalue weighted by Crippen LogP contribution is -2.15. The van der Waals surface area contributed by atoms with E-state index in [0.717, 1.165) is 31.6 Å². The van der Waals surface area contributed by atoms with E-state index in [0.29, 0.717) is 5.56 Å². The van der Waals surface area contributed by atoms with Gasteiger partial charge in [0.25, 0.3) is 0 Å². The van der Waals surface area contributed by atoms with Crippen LogP contribution >= 0.6 is 0 Å². The minimum Gasteiger partial charge on any atom is -0.207 e. The van der Waals surface area contributed by atoms with Crippen molar-refractivity contribution < 1.29 is 8.78 Å². The number of halogens is 2. The molecule has 1 aromatic carbocycles. The predicted molar refractivity (Wildman–Crippen MR) is 66.0 cm³/mol. The molecule has 17 heavy (non-hydrogen) atoms. The normalized spacial score (nSPS) is 24.9. The van der Waals surface area contributed by atoms with Crippen LogP contribution in [0.25, 0.3) is 0 Å². The Balaban J connectivity index is 2.05. The summed E-state index contributed by atoms with van der Waals surface area (Å²) in [6, 6.07) is 4.18. The molecule has 1 aliphatic rings. The molecule has 0 nitrogen and oxygen atoms in total. The third-order valence-corrected chi connectivity index (χ3v) is 3.95. The first-order chi connectivity index (χ1) is 8.22. The maximum absolute atomic E-state index is 13.6. The molecule has 1 aromatic rings. The van der Waals surface area contributed by atoms with E-state index in [2.05, 4.69) is 6.92 Å². The zero-order valence-electron chi connectivity index (χ0n) is 10.4. The first kappa shape index (κ1) is 12.5. The smallest absolute Gasteiger partial charge is 0.129 e. The highest BCUT2D eigenvalue weighted by molar-refractivity contribution is 5.24. The third kappa shape index (κ3) is 2.85. The van der Waals surface area contributed by atoms with Crippen LogP contribution in [0.5, 0.6) is 0 Å². The van der Waals surface area contributed by atoms with Gasteiger partial charge in [0.05, 0.1) is 0 Å². The minimum absolute atomic E-state index is 0.0873. The van der Waals surface area contributed by atoms with Crippen LogP contribution in [0.3, 0.4) is 0 Å². The van der Waals surface area contributed by atoms with Crippen molar-refractivity contribution in [1.29, 1.82) is 0 Å². The molecule has 0 aromatic heterocycles. The molecule has 0 N–H and O–H groups in total. The van der Waals surface area contributed by atoms with E-state index >= 15 is 0 Å². The van der Waals surface area contributed by atoms with Gasteiger partial charge in [-0.2, -0.15) is 0 Å². The van der Waals surface area contributed by atoms with E-state index in [-0.39, 0.29) is 17.6 Å². The first-order valence-electron chi connectivity index (χ1n) is 6.66. The fourth-order valence-corrected chi connectivity index (χ4v) is 3.05. The Labute approximate surface area is 102 Å². The molecule has 0 aliphatic heterocycles. The van der Waals surface area contributed by atoms with E-state index in [1.54, 1.807) is 0 Å². The molecule has 0 unspecified atom stereocenters. The van der Waals surface area contributed by atoms with Gasteiger partial charge in [-0.1, -0.05) is 25.8 Å². The highest BCUT2D eigenvalue weighted by Crippen LogP contribution is 2.39. The lowest BCUT2D eigenvalue weighted by Gasteiger charge is -2.29. The summed E-state index contributed by atoms with van der Waals surface area (Å²) in [6.07, 6.45) is 6.57. The number of rotatable bonds is 3. The van der Waals surface area contributed by atoms with Gasteiger partial charge >= 0.3 is 0 Å². The zero-order chi connectivity index (χ0) is 12.3. The molecule has 2 heteroatoms. The highest BCUT2D eigenvalue weighted by Gasteiger charge is 2.25. The van der Waals surface area contributed by atoms with E-state index in [1.165, 1.54) is 31.0 Å². The van der Waals surface area contributed by atoms with Crippen molar-refractivity contribution in [2.24, 2.45) is 5.92 Å². The van der Waals surface area contributed by atoms with Crippen molar-refractivity contribution in [1.82, 2.24) is 0 Å². The fourth-order valence-electron chi connectivity index (χ4n) is 3.05. The topological polar surface area (TPSA) is 0 Å². The average Bonchev–Trinajstić information content (AvgIpc) is 2.31. The molecule has 0 spiro atoms. The molecule has 0 atom stereocenters. The largest absolute Gasteiger partial charge is 0.207 e. The second kappa shape index (κ2) is 5.61. The summed E-state index contributed by atoms with van der Waals surface area (Å²) >= 11 is 0. The fraction of sp³-hybridized carbons (Fsp3) is 0.600. The zero-order valence-corrected chi connectivity index (χ0v) is 10.4. The van der Waals surface area contributed by atoms with E-state index < -0.39 is 0 Å². The second-order valence-corrected chi connectivity index (χ2v) is 5.14. The molecule has 1 fully saturated rings. The molecular weight excluding hydrogens is 218 g/mol. The van der Waals surface area contributed by atoms with Crippen molar-refractivity contribution in [3.8, 4) is 0 Å². The van der Waals surface area contributed by atoms with Gasteiger partial charge in [-0.25, -0.2) is 8.78 Å². The molecule has 0 bridgehead atoms. The lowest BCUT2D eigenvalue weighted by atomic mass is 9.77. The van der Waals surface area contributed by atoms with Crippen molar-refractivity contribution in [3.05, 3.63) is 35.4 Å².